The molecule has 3 rings (SSSR count). The molecule has 0 aliphatic heterocycles. The highest BCUT2D eigenvalue weighted by molar-refractivity contribution is 9.10. The summed E-state index contributed by atoms with van der Waals surface area (Å²) in [7, 11) is 1.64. The standard InChI is InChI=1S/C15H13BrN2O/c1-10-3-5-11(6-4-10)18-8-7-12-13(16)9-17-15(19-2)14(12)18/h3-9H,1-2H3. The highest BCUT2D eigenvalue weighted by Gasteiger charge is 2.12. The number of aryl methyl sites for hydroxylation is 1. The third kappa shape index (κ3) is 2.02. The summed E-state index contributed by atoms with van der Waals surface area (Å²) in [5.41, 5.74) is 3.31. The van der Waals surface area contributed by atoms with Gasteiger partial charge in [0.2, 0.25) is 5.88 Å². The van der Waals surface area contributed by atoms with Gasteiger partial charge in [0.25, 0.3) is 0 Å². The Morgan fingerprint density at radius 3 is 2.58 bits per heavy atom. The first-order valence-electron chi connectivity index (χ1n) is 5.97. The zero-order valence-electron chi connectivity index (χ0n) is 10.7. The maximum Gasteiger partial charge on any atom is 0.238 e. The number of fused-ring (bicyclic) bond motifs is 1. The Balaban J connectivity index is 2.30. The second-order valence-corrected chi connectivity index (χ2v) is 5.25. The van der Waals surface area contributed by atoms with Gasteiger partial charge in [-0.3, -0.25) is 0 Å². The molecule has 0 saturated carbocycles. The molecule has 0 amide bonds. The van der Waals surface area contributed by atoms with Crippen molar-refractivity contribution in [3.63, 3.8) is 0 Å². The average Bonchev–Trinajstić information content (AvgIpc) is 2.86. The first-order chi connectivity index (χ1) is 9.20. The van der Waals surface area contributed by atoms with Gasteiger partial charge >= 0.3 is 0 Å². The van der Waals surface area contributed by atoms with Crippen LogP contribution in [0.3, 0.4) is 0 Å². The van der Waals surface area contributed by atoms with E-state index in [1.165, 1.54) is 5.56 Å². The summed E-state index contributed by atoms with van der Waals surface area (Å²) in [6, 6.07) is 10.4. The molecule has 0 radical (unpaired) electrons. The van der Waals surface area contributed by atoms with Gasteiger partial charge in [-0.1, -0.05) is 17.7 Å². The number of benzene rings is 1. The van der Waals surface area contributed by atoms with Gasteiger partial charge in [-0.15, -0.1) is 0 Å². The van der Waals surface area contributed by atoms with E-state index in [9.17, 15) is 0 Å². The van der Waals surface area contributed by atoms with Crippen LogP contribution >= 0.6 is 15.9 Å². The molecular formula is C15H13BrN2O. The second kappa shape index (κ2) is 4.70. The number of ether oxygens (including phenoxy) is 1. The molecule has 0 unspecified atom stereocenters. The minimum Gasteiger partial charge on any atom is -0.479 e. The molecule has 0 aliphatic rings. The Bertz CT molecular complexity index is 732. The van der Waals surface area contributed by atoms with Crippen LogP contribution in [-0.2, 0) is 0 Å². The van der Waals surface area contributed by atoms with Crippen LogP contribution in [0.15, 0.2) is 47.2 Å². The van der Waals surface area contributed by atoms with Crippen molar-refractivity contribution in [2.24, 2.45) is 0 Å². The van der Waals surface area contributed by atoms with Gasteiger partial charge in [0.1, 0.15) is 5.52 Å². The molecule has 4 heteroatoms. The van der Waals surface area contributed by atoms with E-state index in [2.05, 4.69) is 62.7 Å². The first kappa shape index (κ1) is 12.2. The molecule has 0 N–H and O–H groups in total. The highest BCUT2D eigenvalue weighted by atomic mass is 79.9. The summed E-state index contributed by atoms with van der Waals surface area (Å²) in [4.78, 5) is 4.31. The molecule has 3 aromatic rings. The van der Waals surface area contributed by atoms with Crippen LogP contribution in [0.2, 0.25) is 0 Å². The fourth-order valence-corrected chi connectivity index (χ4v) is 2.58. The normalized spacial score (nSPS) is 10.9. The van der Waals surface area contributed by atoms with Crippen LogP contribution in [0, 0.1) is 6.92 Å². The number of aromatic nitrogens is 2. The van der Waals surface area contributed by atoms with E-state index in [0.29, 0.717) is 5.88 Å². The lowest BCUT2D eigenvalue weighted by molar-refractivity contribution is 0.402. The maximum absolute atomic E-state index is 5.37. The third-order valence-electron chi connectivity index (χ3n) is 3.15. The average molecular weight is 317 g/mol. The zero-order valence-corrected chi connectivity index (χ0v) is 12.3. The number of pyridine rings is 1. The van der Waals surface area contributed by atoms with Crippen LogP contribution in [0.4, 0.5) is 0 Å². The van der Waals surface area contributed by atoms with Gasteiger partial charge in [-0.05, 0) is 41.1 Å². The fourth-order valence-electron chi connectivity index (χ4n) is 2.16. The highest BCUT2D eigenvalue weighted by Crippen LogP contribution is 2.32. The number of halogens is 1. The van der Waals surface area contributed by atoms with E-state index in [0.717, 1.165) is 21.1 Å². The second-order valence-electron chi connectivity index (χ2n) is 4.40. The monoisotopic (exact) mass is 316 g/mol. The van der Waals surface area contributed by atoms with Gasteiger partial charge in [0.15, 0.2) is 0 Å². The quantitative estimate of drug-likeness (QED) is 0.711. The molecule has 1 aromatic carbocycles. The van der Waals surface area contributed by atoms with E-state index >= 15 is 0 Å². The van der Waals surface area contributed by atoms with Crippen LogP contribution < -0.4 is 4.74 Å². The number of methoxy groups -OCH3 is 1. The number of hydrogen-bond acceptors (Lipinski definition) is 2. The van der Waals surface area contributed by atoms with Crippen LogP contribution in [-0.4, -0.2) is 16.7 Å². The molecule has 0 bridgehead atoms. The number of hydrogen-bond donors (Lipinski definition) is 0. The maximum atomic E-state index is 5.37. The van der Waals surface area contributed by atoms with Crippen molar-refractivity contribution in [2.45, 2.75) is 6.92 Å². The Morgan fingerprint density at radius 1 is 1.16 bits per heavy atom. The van der Waals surface area contributed by atoms with Crippen LogP contribution in [0.25, 0.3) is 16.6 Å². The predicted octanol–water partition coefficient (Wildman–Crippen LogP) is 4.11. The van der Waals surface area contributed by atoms with E-state index in [1.807, 2.05) is 6.20 Å². The topological polar surface area (TPSA) is 27.1 Å². The summed E-state index contributed by atoms with van der Waals surface area (Å²) in [6.45, 7) is 2.08. The van der Waals surface area contributed by atoms with Crippen LogP contribution in [0.5, 0.6) is 5.88 Å². The smallest absolute Gasteiger partial charge is 0.238 e. The Labute approximate surface area is 120 Å². The lowest BCUT2D eigenvalue weighted by Crippen LogP contribution is -1.96. The SMILES string of the molecule is COc1ncc(Br)c2ccn(-c3ccc(C)cc3)c12. The molecule has 2 aromatic heterocycles. The minimum atomic E-state index is 0.628. The summed E-state index contributed by atoms with van der Waals surface area (Å²) in [5, 5.41) is 1.09. The van der Waals surface area contributed by atoms with E-state index in [4.69, 9.17) is 4.74 Å². The Kier molecular flexibility index (Phi) is 3.03. The van der Waals surface area contributed by atoms with Crippen molar-refractivity contribution < 1.29 is 4.74 Å². The molecule has 0 fully saturated rings. The van der Waals surface area contributed by atoms with Gasteiger partial charge in [0, 0.05) is 27.9 Å². The molecule has 96 valence electrons. The van der Waals surface area contributed by atoms with Crippen molar-refractivity contribution >= 4 is 26.8 Å². The predicted molar refractivity (Wildman–Crippen MR) is 80.1 cm³/mol. The Morgan fingerprint density at radius 2 is 1.89 bits per heavy atom. The first-order valence-corrected chi connectivity index (χ1v) is 6.76. The van der Waals surface area contributed by atoms with Crippen molar-refractivity contribution in [3.8, 4) is 11.6 Å². The minimum absolute atomic E-state index is 0.628. The van der Waals surface area contributed by atoms with Gasteiger partial charge < -0.3 is 9.30 Å². The van der Waals surface area contributed by atoms with Gasteiger partial charge in [-0.25, -0.2) is 4.98 Å². The van der Waals surface area contributed by atoms with Crippen LogP contribution in [0.1, 0.15) is 5.56 Å². The molecule has 2 heterocycles. The zero-order chi connectivity index (χ0) is 13.4. The molecule has 3 nitrogen and oxygen atoms in total. The summed E-state index contributed by atoms with van der Waals surface area (Å²) < 4.78 is 8.43. The van der Waals surface area contributed by atoms with Crippen molar-refractivity contribution in [1.82, 2.24) is 9.55 Å². The molecule has 19 heavy (non-hydrogen) atoms. The molecule has 0 spiro atoms. The number of rotatable bonds is 2. The third-order valence-corrected chi connectivity index (χ3v) is 3.78. The lowest BCUT2D eigenvalue weighted by atomic mass is 10.2. The van der Waals surface area contributed by atoms with E-state index < -0.39 is 0 Å². The molecule has 0 saturated heterocycles. The summed E-state index contributed by atoms with van der Waals surface area (Å²) >= 11 is 3.53. The number of nitrogens with zero attached hydrogens (tertiary/aromatic N) is 2. The molecule has 0 atom stereocenters. The molecule has 0 aliphatic carbocycles. The Hall–Kier alpha value is -1.81. The van der Waals surface area contributed by atoms with Gasteiger partial charge in [-0.2, -0.15) is 0 Å². The summed E-state index contributed by atoms with van der Waals surface area (Å²) in [6.07, 6.45) is 3.80. The van der Waals surface area contributed by atoms with Gasteiger partial charge in [0.05, 0.1) is 7.11 Å². The lowest BCUT2D eigenvalue weighted by Gasteiger charge is -2.09. The summed E-state index contributed by atoms with van der Waals surface area (Å²) in [5.74, 6) is 0.628. The largest absolute Gasteiger partial charge is 0.479 e. The van der Waals surface area contributed by atoms with Crippen molar-refractivity contribution in [1.29, 1.82) is 0 Å². The van der Waals surface area contributed by atoms with E-state index in [-0.39, 0.29) is 0 Å². The van der Waals surface area contributed by atoms with Crippen molar-refractivity contribution in [3.05, 3.63) is 52.8 Å². The van der Waals surface area contributed by atoms with E-state index in [1.54, 1.807) is 13.3 Å². The molecular weight excluding hydrogens is 304 g/mol. The van der Waals surface area contributed by atoms with Crippen molar-refractivity contribution in [2.75, 3.05) is 7.11 Å². The fraction of sp³-hybridized carbons (Fsp3) is 0.133.